The van der Waals surface area contributed by atoms with Crippen molar-refractivity contribution < 1.29 is 75.5 Å². The van der Waals surface area contributed by atoms with Crippen molar-refractivity contribution in [2.45, 2.75) is 0 Å². The number of aromatic nitrogens is 12. The van der Waals surface area contributed by atoms with Gasteiger partial charge in [-0.2, -0.15) is 0 Å². The molecule has 0 bridgehead atoms. The van der Waals surface area contributed by atoms with Gasteiger partial charge < -0.3 is 91.7 Å². The Hall–Kier alpha value is -8.88. The number of nitrogens with zero attached hydrogens (tertiary/aromatic N) is 18. The summed E-state index contributed by atoms with van der Waals surface area (Å²) in [6, 6.07) is 67.2. The average Bonchev–Trinajstić information content (AvgIpc) is 3.51. The van der Waals surface area contributed by atoms with Crippen LogP contribution >= 0.6 is 0 Å². The Bertz CT molecular complexity index is 2540. The van der Waals surface area contributed by atoms with Gasteiger partial charge in [-0.25, -0.2) is 0 Å². The molecule has 0 radical (unpaired) electrons. The van der Waals surface area contributed by atoms with Gasteiger partial charge in [-0.15, -0.1) is 0 Å². The van der Waals surface area contributed by atoms with Crippen molar-refractivity contribution in [1.29, 1.82) is 0 Å². The summed E-state index contributed by atoms with van der Waals surface area (Å²) in [4.78, 5) is 48.8. The Morgan fingerprint density at radius 2 is 0.225 bits per heavy atom. The fourth-order valence-corrected chi connectivity index (χ4v) is 5.74. The van der Waals surface area contributed by atoms with Crippen LogP contribution in [-0.4, -0.2) is 59.8 Å². The quantitative estimate of drug-likeness (QED) is 0.104. The Morgan fingerprint density at radius 3 is 0.287 bits per heavy atom. The molecule has 0 aliphatic heterocycles. The Kier molecular flexibility index (Phi) is 29.9. The summed E-state index contributed by atoms with van der Waals surface area (Å²) in [6.45, 7) is 0. The van der Waals surface area contributed by atoms with Crippen LogP contribution in [-0.2, 0) is 0 Å². The molecule has 0 spiro atoms. The zero-order valence-electron chi connectivity index (χ0n) is 42.4. The normalized spacial score (nSPS) is 9.30. The van der Waals surface area contributed by atoms with Gasteiger partial charge in [-0.3, -0.25) is 0 Å². The first-order valence-corrected chi connectivity index (χ1v) is 23.9. The van der Waals surface area contributed by atoms with E-state index in [1.807, 2.05) is 218 Å². The molecule has 80 heavy (non-hydrogen) atoms. The van der Waals surface area contributed by atoms with Crippen molar-refractivity contribution in [3.8, 4) is 0 Å². The van der Waals surface area contributed by atoms with Gasteiger partial charge in [0.05, 0.1) is 0 Å². The first-order valence-electron chi connectivity index (χ1n) is 23.9. The molecule has 20 heteroatoms. The third-order valence-electron chi connectivity index (χ3n) is 9.17. The zero-order chi connectivity index (χ0) is 53.6. The van der Waals surface area contributed by atoms with Gasteiger partial charge in [0.2, 0.25) is 0 Å². The Balaban J connectivity index is 0.000000176. The molecule has 0 saturated heterocycles. The van der Waals surface area contributed by atoms with Gasteiger partial charge in [-0.1, -0.05) is 146 Å². The van der Waals surface area contributed by atoms with Gasteiger partial charge >= 0.3 is 75.5 Å². The van der Waals surface area contributed by atoms with E-state index in [1.165, 1.54) is 0 Å². The minimum absolute atomic E-state index is 0. The van der Waals surface area contributed by atoms with Crippen LogP contribution in [0.3, 0.4) is 0 Å². The number of hydrogen-bond acceptors (Lipinski definition) is 12. The second kappa shape index (κ2) is 38.6. The monoisotopic (exact) mass is 1350 g/mol. The van der Waals surface area contributed by atoms with E-state index in [1.54, 1.807) is 74.4 Å². The summed E-state index contributed by atoms with van der Waals surface area (Å²) in [6.07, 6.45) is 20.5. The summed E-state index contributed by atoms with van der Waals surface area (Å²) in [5.41, 5.74) is 0. The molecule has 12 aromatic heterocycles. The molecule has 12 aromatic rings. The first kappa shape index (κ1) is 62.0. The largest absolute Gasteiger partial charge is 3.00 e. The van der Waals surface area contributed by atoms with E-state index < -0.39 is 0 Å². The van der Waals surface area contributed by atoms with Crippen molar-refractivity contribution in [3.63, 3.8) is 0 Å². The summed E-state index contributed by atoms with van der Waals surface area (Å²) < 4.78 is 0. The molecule has 0 N–H and O–H groups in total. The van der Waals surface area contributed by atoms with Crippen LogP contribution < -0.4 is 0 Å². The second-order valence-electron chi connectivity index (χ2n) is 14.9. The Morgan fingerprint density at radius 1 is 0.138 bits per heavy atom. The maximum atomic E-state index is 4.22. The van der Waals surface area contributed by atoms with Crippen molar-refractivity contribution in [1.82, 2.24) is 59.8 Å². The molecule has 0 aliphatic carbocycles. The topological polar surface area (TPSA) is 239 Å². The molecule has 18 nitrogen and oxygen atoms in total. The molecule has 0 unspecified atom stereocenters. The van der Waals surface area contributed by atoms with Crippen molar-refractivity contribution in [2.24, 2.45) is 0 Å². The first-order chi connectivity index (χ1) is 38.7. The van der Waals surface area contributed by atoms with Crippen LogP contribution in [0.15, 0.2) is 293 Å². The van der Waals surface area contributed by atoms with Crippen molar-refractivity contribution in [2.75, 3.05) is 0 Å². The van der Waals surface area contributed by atoms with Crippen LogP contribution in [0.5, 0.6) is 0 Å². The fourth-order valence-electron chi connectivity index (χ4n) is 5.74. The summed E-state index contributed by atoms with van der Waals surface area (Å²) in [5.74, 6) is 8.18. The average molecular weight is 1350 g/mol. The number of rotatable bonds is 12. The molecule has 0 aromatic carbocycles. The van der Waals surface area contributed by atoms with E-state index in [0.717, 1.165) is 0 Å². The van der Waals surface area contributed by atoms with Crippen molar-refractivity contribution in [3.05, 3.63) is 325 Å². The van der Waals surface area contributed by atoms with Gasteiger partial charge in [0.1, 0.15) is 0 Å². The molecule has 0 aliphatic rings. The van der Waals surface area contributed by atoms with Crippen LogP contribution in [0.25, 0.3) is 31.9 Å². The number of hydrogen-bond donors (Lipinski definition) is 0. The van der Waals surface area contributed by atoms with E-state index in [9.17, 15) is 0 Å². The van der Waals surface area contributed by atoms with Crippen LogP contribution in [0, 0.1) is 75.5 Å². The minimum atomic E-state index is 0. The Labute approximate surface area is 524 Å². The molecule has 12 heterocycles. The maximum absolute atomic E-state index is 4.22. The van der Waals surface area contributed by atoms with E-state index in [-0.39, 0.29) is 75.5 Å². The van der Waals surface area contributed by atoms with Gasteiger partial charge in [-0.05, 0) is 147 Å². The molecule has 0 fully saturated rings. The molecular formula is C60H48Ho2N18. The third kappa shape index (κ3) is 26.0. The summed E-state index contributed by atoms with van der Waals surface area (Å²) in [5, 5.41) is 25.3. The van der Waals surface area contributed by atoms with Crippen LogP contribution in [0.4, 0.5) is 69.8 Å². The minimum Gasteiger partial charge on any atom is -0.369 e. The van der Waals surface area contributed by atoms with E-state index in [2.05, 4.69) is 91.7 Å². The molecule has 0 saturated carbocycles. The zero-order valence-corrected chi connectivity index (χ0v) is 46.2. The SMILES string of the molecule is [Ho+3].[Ho+3].c1ccc([N-]c2ccccn2)nc1.c1ccc([N-]c2ccccn2)nc1.c1ccc([N-]c2ccccn2)nc1.c1ccc([N-]c2ccccn2)nc1.c1ccc([N-]c2ccccn2)nc1.c1ccc([N-]c2ccccn2)nc1. The van der Waals surface area contributed by atoms with Gasteiger partial charge in [0, 0.05) is 69.8 Å². The molecule has 400 valence electrons. The maximum Gasteiger partial charge on any atom is 3.00 e. The summed E-state index contributed by atoms with van der Waals surface area (Å²) in [7, 11) is 0. The van der Waals surface area contributed by atoms with Crippen LogP contribution in [0.2, 0.25) is 0 Å². The van der Waals surface area contributed by atoms with Crippen molar-refractivity contribution >= 4 is 69.8 Å². The fraction of sp³-hybridized carbons (Fsp3) is 0. The van der Waals surface area contributed by atoms with Crippen LogP contribution in [0.1, 0.15) is 0 Å². The van der Waals surface area contributed by atoms with E-state index in [0.29, 0.717) is 69.8 Å². The molecule has 0 atom stereocenters. The molecular weight excluding hydrogens is 1300 g/mol. The van der Waals surface area contributed by atoms with E-state index >= 15 is 0 Å². The standard InChI is InChI=1S/6C10H8N3.2Ho/c6*1-3-7-11-9(5-1)13-10-6-2-4-8-12-10;;/h6*1-8H;;/q6*-1;2*+3. The predicted molar refractivity (Wildman–Crippen MR) is 307 cm³/mol. The predicted octanol–water partition coefficient (Wildman–Crippen LogP) is 16.9. The second-order valence-corrected chi connectivity index (χ2v) is 14.9. The molecule has 0 amide bonds. The van der Waals surface area contributed by atoms with Gasteiger partial charge in [0.25, 0.3) is 0 Å². The van der Waals surface area contributed by atoms with E-state index in [4.69, 9.17) is 0 Å². The van der Waals surface area contributed by atoms with Gasteiger partial charge in [0.15, 0.2) is 0 Å². The summed E-state index contributed by atoms with van der Waals surface area (Å²) >= 11 is 0. The smallest absolute Gasteiger partial charge is 0.369 e. The number of pyridine rings is 12. The third-order valence-corrected chi connectivity index (χ3v) is 9.17. The molecule has 12 rings (SSSR count).